The molecule has 1 aliphatic rings. The van der Waals surface area contributed by atoms with Crippen LogP contribution in [0, 0.1) is 5.41 Å². The van der Waals surface area contributed by atoms with Gasteiger partial charge in [0, 0.05) is 13.2 Å². The first-order valence-corrected chi connectivity index (χ1v) is 4.79. The van der Waals surface area contributed by atoms with E-state index in [1.807, 2.05) is 14.2 Å². The Morgan fingerprint density at radius 2 is 2.08 bits per heavy atom. The minimum atomic E-state index is 0.402. The lowest BCUT2D eigenvalue weighted by Crippen LogP contribution is -2.45. The van der Waals surface area contributed by atoms with E-state index < -0.39 is 0 Å². The summed E-state index contributed by atoms with van der Waals surface area (Å²) in [6.45, 7) is 4.65. The van der Waals surface area contributed by atoms with Crippen LogP contribution < -0.4 is 5.32 Å². The maximum absolute atomic E-state index is 5.47. The summed E-state index contributed by atoms with van der Waals surface area (Å²) in [6, 6.07) is 0.558. The van der Waals surface area contributed by atoms with Crippen molar-refractivity contribution in [3.05, 3.63) is 0 Å². The molecule has 0 spiro atoms. The van der Waals surface area contributed by atoms with E-state index in [1.165, 1.54) is 19.3 Å². The maximum atomic E-state index is 5.47. The first-order valence-electron chi connectivity index (χ1n) is 4.79. The van der Waals surface area contributed by atoms with E-state index in [9.17, 15) is 0 Å². The van der Waals surface area contributed by atoms with Gasteiger partial charge in [0.15, 0.2) is 0 Å². The highest BCUT2D eigenvalue weighted by Crippen LogP contribution is 2.36. The summed E-state index contributed by atoms with van der Waals surface area (Å²) in [4.78, 5) is 0. The van der Waals surface area contributed by atoms with Gasteiger partial charge >= 0.3 is 0 Å². The van der Waals surface area contributed by atoms with E-state index in [-0.39, 0.29) is 0 Å². The molecule has 0 aromatic carbocycles. The summed E-state index contributed by atoms with van der Waals surface area (Å²) in [5.41, 5.74) is 0.466. The number of hydrogen-bond donors (Lipinski definition) is 1. The van der Waals surface area contributed by atoms with Crippen molar-refractivity contribution >= 4 is 0 Å². The van der Waals surface area contributed by atoms with Gasteiger partial charge in [0.25, 0.3) is 0 Å². The normalized spacial score (nSPS) is 35.0. The lowest BCUT2D eigenvalue weighted by atomic mass is 9.74. The number of likely N-dealkylation sites (N-methyl/N-ethyl adjacent to an activating group) is 1. The number of hydrogen-bond acceptors (Lipinski definition) is 2. The summed E-state index contributed by atoms with van der Waals surface area (Å²) in [5.74, 6) is 0. The second kappa shape index (κ2) is 3.75. The lowest BCUT2D eigenvalue weighted by molar-refractivity contribution is 0.00210. The summed E-state index contributed by atoms with van der Waals surface area (Å²) in [7, 11) is 3.84. The van der Waals surface area contributed by atoms with Crippen molar-refractivity contribution in [3.63, 3.8) is 0 Å². The van der Waals surface area contributed by atoms with Gasteiger partial charge < -0.3 is 10.1 Å². The van der Waals surface area contributed by atoms with Crippen molar-refractivity contribution in [2.75, 3.05) is 14.2 Å². The van der Waals surface area contributed by atoms with Crippen LogP contribution in [0.5, 0.6) is 0 Å². The third-order valence-electron chi connectivity index (χ3n) is 3.01. The Bertz CT molecular complexity index is 145. The van der Waals surface area contributed by atoms with Gasteiger partial charge in [-0.2, -0.15) is 0 Å². The molecule has 2 heteroatoms. The van der Waals surface area contributed by atoms with Gasteiger partial charge in [-0.25, -0.2) is 0 Å². The summed E-state index contributed by atoms with van der Waals surface area (Å²) in [5, 5.41) is 3.32. The minimum absolute atomic E-state index is 0.402. The molecule has 0 radical (unpaired) electrons. The van der Waals surface area contributed by atoms with Crippen molar-refractivity contribution < 1.29 is 4.74 Å². The third kappa shape index (κ3) is 2.20. The highest BCUT2D eigenvalue weighted by molar-refractivity contribution is 4.88. The standard InChI is InChI=1S/C10H21NO/c1-10(2)6-5-8(11-3)9(7-10)12-4/h8-9,11H,5-7H2,1-4H3. The van der Waals surface area contributed by atoms with Crippen LogP contribution in [-0.2, 0) is 4.74 Å². The molecular formula is C10H21NO. The van der Waals surface area contributed by atoms with Crippen LogP contribution in [-0.4, -0.2) is 26.3 Å². The van der Waals surface area contributed by atoms with Crippen LogP contribution in [0.15, 0.2) is 0 Å². The first-order chi connectivity index (χ1) is 5.59. The van der Waals surface area contributed by atoms with Crippen molar-refractivity contribution in [1.82, 2.24) is 5.32 Å². The molecular weight excluding hydrogens is 150 g/mol. The van der Waals surface area contributed by atoms with E-state index >= 15 is 0 Å². The van der Waals surface area contributed by atoms with E-state index in [1.54, 1.807) is 0 Å². The molecule has 0 aromatic rings. The Morgan fingerprint density at radius 1 is 1.42 bits per heavy atom. The second-order valence-corrected chi connectivity index (χ2v) is 4.58. The predicted octanol–water partition coefficient (Wildman–Crippen LogP) is 1.80. The molecule has 0 saturated heterocycles. The quantitative estimate of drug-likeness (QED) is 0.684. The molecule has 0 amide bonds. The molecule has 0 aromatic heterocycles. The fourth-order valence-electron chi connectivity index (χ4n) is 2.10. The van der Waals surface area contributed by atoms with Gasteiger partial charge in [0.2, 0.25) is 0 Å². The Labute approximate surface area is 75.7 Å². The molecule has 0 bridgehead atoms. The Morgan fingerprint density at radius 3 is 2.58 bits per heavy atom. The molecule has 0 aliphatic heterocycles. The zero-order valence-electron chi connectivity index (χ0n) is 8.68. The van der Waals surface area contributed by atoms with Crippen LogP contribution in [0.25, 0.3) is 0 Å². The molecule has 2 unspecified atom stereocenters. The van der Waals surface area contributed by atoms with Crippen molar-refractivity contribution in [2.45, 2.75) is 45.3 Å². The Balaban J connectivity index is 2.53. The summed E-state index contributed by atoms with van der Waals surface area (Å²) >= 11 is 0. The third-order valence-corrected chi connectivity index (χ3v) is 3.01. The predicted molar refractivity (Wildman–Crippen MR) is 51.3 cm³/mol. The van der Waals surface area contributed by atoms with Crippen LogP contribution in [0.4, 0.5) is 0 Å². The van der Waals surface area contributed by atoms with Gasteiger partial charge in [-0.15, -0.1) is 0 Å². The van der Waals surface area contributed by atoms with Crippen LogP contribution in [0.2, 0.25) is 0 Å². The van der Waals surface area contributed by atoms with Crippen LogP contribution in [0.3, 0.4) is 0 Å². The van der Waals surface area contributed by atoms with Gasteiger partial charge in [0.05, 0.1) is 6.10 Å². The number of ether oxygens (including phenoxy) is 1. The lowest BCUT2D eigenvalue weighted by Gasteiger charge is -2.39. The molecule has 2 atom stereocenters. The molecule has 12 heavy (non-hydrogen) atoms. The number of rotatable bonds is 2. The Kier molecular flexibility index (Phi) is 3.13. The average Bonchev–Trinajstić information content (AvgIpc) is 2.03. The van der Waals surface area contributed by atoms with Crippen LogP contribution >= 0.6 is 0 Å². The number of nitrogens with one attached hydrogen (secondary N) is 1. The van der Waals surface area contributed by atoms with Gasteiger partial charge in [-0.3, -0.25) is 0 Å². The highest BCUT2D eigenvalue weighted by Gasteiger charge is 2.33. The van der Waals surface area contributed by atoms with Crippen molar-refractivity contribution in [3.8, 4) is 0 Å². The number of methoxy groups -OCH3 is 1. The molecule has 0 heterocycles. The topological polar surface area (TPSA) is 21.3 Å². The molecule has 72 valence electrons. The molecule has 1 N–H and O–H groups in total. The van der Waals surface area contributed by atoms with Crippen molar-refractivity contribution in [2.24, 2.45) is 5.41 Å². The molecule has 2 nitrogen and oxygen atoms in total. The van der Waals surface area contributed by atoms with Gasteiger partial charge in [0.1, 0.15) is 0 Å². The van der Waals surface area contributed by atoms with Gasteiger partial charge in [-0.05, 0) is 31.7 Å². The smallest absolute Gasteiger partial charge is 0.0729 e. The monoisotopic (exact) mass is 171 g/mol. The molecule has 1 saturated carbocycles. The fourth-order valence-corrected chi connectivity index (χ4v) is 2.10. The zero-order chi connectivity index (χ0) is 9.19. The minimum Gasteiger partial charge on any atom is -0.380 e. The summed E-state index contributed by atoms with van der Waals surface area (Å²) in [6.07, 6.45) is 4.12. The fraction of sp³-hybridized carbons (Fsp3) is 1.00. The highest BCUT2D eigenvalue weighted by atomic mass is 16.5. The zero-order valence-corrected chi connectivity index (χ0v) is 8.68. The van der Waals surface area contributed by atoms with E-state index in [0.29, 0.717) is 17.6 Å². The first kappa shape index (κ1) is 10.0. The Hall–Kier alpha value is -0.0800. The second-order valence-electron chi connectivity index (χ2n) is 4.58. The van der Waals surface area contributed by atoms with E-state index in [4.69, 9.17) is 4.74 Å². The van der Waals surface area contributed by atoms with Gasteiger partial charge in [-0.1, -0.05) is 13.8 Å². The molecule has 1 aliphatic carbocycles. The largest absolute Gasteiger partial charge is 0.380 e. The summed E-state index contributed by atoms with van der Waals surface area (Å²) < 4.78 is 5.47. The van der Waals surface area contributed by atoms with Crippen molar-refractivity contribution in [1.29, 1.82) is 0 Å². The van der Waals surface area contributed by atoms with E-state index in [2.05, 4.69) is 19.2 Å². The van der Waals surface area contributed by atoms with Crippen LogP contribution in [0.1, 0.15) is 33.1 Å². The maximum Gasteiger partial charge on any atom is 0.0729 e. The SMILES string of the molecule is CNC1CCC(C)(C)CC1OC. The van der Waals surface area contributed by atoms with E-state index in [0.717, 1.165) is 0 Å². The molecule has 1 fully saturated rings. The average molecular weight is 171 g/mol. The molecule has 1 rings (SSSR count).